The second-order valence-electron chi connectivity index (χ2n) is 3.70. The Morgan fingerprint density at radius 1 is 1.24 bits per heavy atom. The lowest BCUT2D eigenvalue weighted by Crippen LogP contribution is -1.94. The third-order valence-corrected chi connectivity index (χ3v) is 2.59. The number of hydrogen-bond donors (Lipinski definition) is 0. The predicted molar refractivity (Wildman–Crippen MR) is 65.0 cm³/mol. The summed E-state index contributed by atoms with van der Waals surface area (Å²) in [5.41, 5.74) is 1.55. The second-order valence-corrected chi connectivity index (χ2v) is 3.70. The van der Waals surface area contributed by atoms with Gasteiger partial charge >= 0.3 is 0 Å². The van der Waals surface area contributed by atoms with E-state index in [1.165, 1.54) is 0 Å². The monoisotopic (exact) mass is 225 g/mol. The summed E-state index contributed by atoms with van der Waals surface area (Å²) in [6, 6.07) is 7.85. The Balaban J connectivity index is 2.30. The molecular formula is C14H11NO2. The van der Waals surface area contributed by atoms with E-state index in [4.69, 9.17) is 9.47 Å². The van der Waals surface area contributed by atoms with Gasteiger partial charge in [-0.2, -0.15) is 0 Å². The normalized spacial score (nSPS) is 12.3. The van der Waals surface area contributed by atoms with Gasteiger partial charge in [-0.15, -0.1) is 0 Å². The van der Waals surface area contributed by atoms with Crippen LogP contribution in [-0.2, 0) is 0 Å². The first kappa shape index (κ1) is 9.98. The molecular weight excluding hydrogens is 214 g/mol. The summed E-state index contributed by atoms with van der Waals surface area (Å²) in [5, 5.41) is 0.974. The van der Waals surface area contributed by atoms with Crippen molar-refractivity contribution in [1.29, 1.82) is 0 Å². The molecule has 0 atom stereocenters. The van der Waals surface area contributed by atoms with Crippen LogP contribution in [0.15, 0.2) is 24.3 Å². The number of pyridine rings is 1. The van der Waals surface area contributed by atoms with Gasteiger partial charge in [0.15, 0.2) is 11.4 Å². The molecule has 0 bridgehead atoms. The highest BCUT2D eigenvalue weighted by Gasteiger charge is 2.21. The van der Waals surface area contributed by atoms with Gasteiger partial charge < -0.3 is 9.47 Å². The lowest BCUT2D eigenvalue weighted by atomic mass is 10.1. The van der Waals surface area contributed by atoms with Crippen LogP contribution < -0.4 is 9.47 Å². The van der Waals surface area contributed by atoms with Gasteiger partial charge in [-0.1, -0.05) is 25.0 Å². The van der Waals surface area contributed by atoms with E-state index in [0.717, 1.165) is 23.1 Å². The molecule has 0 N–H and O–H groups in total. The van der Waals surface area contributed by atoms with Gasteiger partial charge in [0.2, 0.25) is 12.5 Å². The van der Waals surface area contributed by atoms with Crippen molar-refractivity contribution >= 4 is 10.9 Å². The van der Waals surface area contributed by atoms with Crippen LogP contribution in [-0.4, -0.2) is 11.8 Å². The average molecular weight is 225 g/mol. The summed E-state index contributed by atoms with van der Waals surface area (Å²) in [4.78, 5) is 4.51. The zero-order valence-electron chi connectivity index (χ0n) is 9.49. The van der Waals surface area contributed by atoms with Gasteiger partial charge in [-0.25, -0.2) is 4.98 Å². The summed E-state index contributed by atoms with van der Waals surface area (Å²) in [5.74, 6) is 7.46. The SMILES string of the molecule is CCC#Cc1nc2ccccc2c2c1OCO2. The molecule has 17 heavy (non-hydrogen) atoms. The predicted octanol–water partition coefficient (Wildman–Crippen LogP) is 2.73. The fourth-order valence-corrected chi connectivity index (χ4v) is 1.85. The molecule has 1 aromatic heterocycles. The lowest BCUT2D eigenvalue weighted by molar-refractivity contribution is 0.174. The zero-order valence-corrected chi connectivity index (χ0v) is 9.49. The maximum absolute atomic E-state index is 5.50. The first-order chi connectivity index (χ1) is 8.40. The topological polar surface area (TPSA) is 31.4 Å². The standard InChI is InChI=1S/C14H11NO2/c1-2-3-7-12-14-13(16-9-17-14)10-6-4-5-8-11(10)15-12/h4-6,8H,2,9H2,1H3. The van der Waals surface area contributed by atoms with Crippen molar-refractivity contribution in [2.24, 2.45) is 0 Å². The fraction of sp³-hybridized carbons (Fsp3) is 0.214. The van der Waals surface area contributed by atoms with Crippen molar-refractivity contribution in [2.45, 2.75) is 13.3 Å². The second kappa shape index (κ2) is 3.99. The van der Waals surface area contributed by atoms with Crippen LogP contribution in [0.4, 0.5) is 0 Å². The highest BCUT2D eigenvalue weighted by molar-refractivity contribution is 5.89. The Morgan fingerprint density at radius 2 is 2.06 bits per heavy atom. The van der Waals surface area contributed by atoms with Gasteiger partial charge in [0.25, 0.3) is 0 Å². The van der Waals surface area contributed by atoms with E-state index in [2.05, 4.69) is 16.8 Å². The molecule has 1 aliphatic heterocycles. The van der Waals surface area contributed by atoms with Crippen molar-refractivity contribution in [2.75, 3.05) is 6.79 Å². The fourth-order valence-electron chi connectivity index (χ4n) is 1.85. The Bertz CT molecular complexity index is 638. The van der Waals surface area contributed by atoms with Gasteiger partial charge in [-0.3, -0.25) is 0 Å². The highest BCUT2D eigenvalue weighted by atomic mass is 16.7. The summed E-state index contributed by atoms with van der Waals surface area (Å²) in [6.45, 7) is 2.25. The first-order valence-corrected chi connectivity index (χ1v) is 5.57. The number of rotatable bonds is 0. The Morgan fingerprint density at radius 3 is 2.94 bits per heavy atom. The smallest absolute Gasteiger partial charge is 0.231 e. The van der Waals surface area contributed by atoms with Crippen LogP contribution in [0.25, 0.3) is 10.9 Å². The summed E-state index contributed by atoms with van der Waals surface area (Å²) >= 11 is 0. The molecule has 84 valence electrons. The number of nitrogens with zero attached hydrogens (tertiary/aromatic N) is 1. The molecule has 0 amide bonds. The van der Waals surface area contributed by atoms with Gasteiger partial charge in [0, 0.05) is 11.8 Å². The molecule has 0 saturated carbocycles. The molecule has 0 radical (unpaired) electrons. The largest absolute Gasteiger partial charge is 0.453 e. The molecule has 1 aliphatic rings. The minimum absolute atomic E-state index is 0.242. The van der Waals surface area contributed by atoms with Crippen LogP contribution in [0.5, 0.6) is 11.5 Å². The molecule has 3 rings (SSSR count). The zero-order chi connectivity index (χ0) is 11.7. The summed E-state index contributed by atoms with van der Waals surface area (Å²) in [6.07, 6.45) is 0.796. The van der Waals surface area contributed by atoms with Crippen LogP contribution in [0.3, 0.4) is 0 Å². The highest BCUT2D eigenvalue weighted by Crippen LogP contribution is 2.40. The number of fused-ring (bicyclic) bond motifs is 3. The quantitative estimate of drug-likeness (QED) is 0.646. The first-order valence-electron chi connectivity index (χ1n) is 5.57. The van der Waals surface area contributed by atoms with E-state index < -0.39 is 0 Å². The third-order valence-electron chi connectivity index (χ3n) is 2.59. The van der Waals surface area contributed by atoms with Crippen LogP contribution in [0, 0.1) is 11.8 Å². The Hall–Kier alpha value is -2.21. The van der Waals surface area contributed by atoms with Crippen molar-refractivity contribution in [3.63, 3.8) is 0 Å². The Labute approximate surface area is 99.4 Å². The maximum atomic E-state index is 5.50. The third kappa shape index (κ3) is 1.58. The van der Waals surface area contributed by atoms with Gasteiger partial charge in [0.1, 0.15) is 0 Å². The number of hydrogen-bond acceptors (Lipinski definition) is 3. The lowest BCUT2D eigenvalue weighted by Gasteiger charge is -2.03. The molecule has 2 aromatic rings. The van der Waals surface area contributed by atoms with E-state index in [0.29, 0.717) is 11.4 Å². The number of ether oxygens (including phenoxy) is 2. The summed E-state index contributed by atoms with van der Waals surface area (Å²) < 4.78 is 10.9. The minimum Gasteiger partial charge on any atom is -0.453 e. The summed E-state index contributed by atoms with van der Waals surface area (Å²) in [7, 11) is 0. The van der Waals surface area contributed by atoms with Crippen LogP contribution in [0.2, 0.25) is 0 Å². The molecule has 0 spiro atoms. The molecule has 3 heteroatoms. The van der Waals surface area contributed by atoms with Crippen molar-refractivity contribution in [3.05, 3.63) is 30.0 Å². The van der Waals surface area contributed by atoms with Crippen molar-refractivity contribution in [1.82, 2.24) is 4.98 Å². The Kier molecular flexibility index (Phi) is 2.34. The molecule has 1 aromatic carbocycles. The number of para-hydroxylation sites is 1. The number of benzene rings is 1. The van der Waals surface area contributed by atoms with Crippen LogP contribution in [0.1, 0.15) is 19.0 Å². The van der Waals surface area contributed by atoms with Crippen LogP contribution >= 0.6 is 0 Å². The van der Waals surface area contributed by atoms with Gasteiger partial charge in [-0.05, 0) is 18.1 Å². The van der Waals surface area contributed by atoms with E-state index in [1.54, 1.807) is 0 Å². The number of aromatic nitrogens is 1. The minimum atomic E-state index is 0.242. The van der Waals surface area contributed by atoms with E-state index in [1.807, 2.05) is 31.2 Å². The maximum Gasteiger partial charge on any atom is 0.231 e. The van der Waals surface area contributed by atoms with Gasteiger partial charge in [0.05, 0.1) is 5.52 Å². The molecule has 3 nitrogen and oxygen atoms in total. The molecule has 0 aliphatic carbocycles. The molecule has 0 fully saturated rings. The van der Waals surface area contributed by atoms with E-state index in [9.17, 15) is 0 Å². The van der Waals surface area contributed by atoms with Crippen molar-refractivity contribution < 1.29 is 9.47 Å². The molecule has 2 heterocycles. The van der Waals surface area contributed by atoms with E-state index in [-0.39, 0.29) is 6.79 Å². The van der Waals surface area contributed by atoms with Crippen molar-refractivity contribution in [3.8, 4) is 23.3 Å². The molecule has 0 unspecified atom stereocenters. The average Bonchev–Trinajstić information content (AvgIpc) is 2.85. The van der Waals surface area contributed by atoms with E-state index >= 15 is 0 Å². The molecule has 0 saturated heterocycles.